The monoisotopic (exact) mass is 263 g/mol. The Morgan fingerprint density at radius 3 is 2.79 bits per heavy atom. The van der Waals surface area contributed by atoms with Gasteiger partial charge in [0.05, 0.1) is 0 Å². The van der Waals surface area contributed by atoms with Crippen molar-refractivity contribution in [1.82, 2.24) is 0 Å². The highest BCUT2D eigenvalue weighted by atomic mass is 16.6. The van der Waals surface area contributed by atoms with Crippen molar-refractivity contribution >= 4 is 11.9 Å². The third-order valence-corrected chi connectivity index (χ3v) is 3.14. The first kappa shape index (κ1) is 13.4. The van der Waals surface area contributed by atoms with Crippen LogP contribution in [0, 0.1) is 0 Å². The highest BCUT2D eigenvalue weighted by Crippen LogP contribution is 2.25. The summed E-state index contributed by atoms with van der Waals surface area (Å²) >= 11 is 0. The first-order valence-electron chi connectivity index (χ1n) is 6.29. The molecule has 0 saturated heterocycles. The van der Waals surface area contributed by atoms with Gasteiger partial charge in [-0.15, -0.1) is 0 Å². The lowest BCUT2D eigenvalue weighted by atomic mass is 10.1. The third kappa shape index (κ3) is 3.47. The third-order valence-electron chi connectivity index (χ3n) is 3.14. The molecular formula is C14H17NO4. The number of fused-ring (bicyclic) bond motifs is 1. The minimum atomic E-state index is -0.934. The SMILES string of the molecule is C[C@H](OC(=O)COc1ccc2c(c1)CCC2)C(N)=O. The Kier molecular flexibility index (Phi) is 4.04. The van der Waals surface area contributed by atoms with E-state index in [1.165, 1.54) is 18.1 Å². The first-order chi connectivity index (χ1) is 9.06. The van der Waals surface area contributed by atoms with Crippen LogP contribution in [0.5, 0.6) is 5.75 Å². The Morgan fingerprint density at radius 1 is 1.32 bits per heavy atom. The molecule has 0 unspecified atom stereocenters. The van der Waals surface area contributed by atoms with Crippen molar-refractivity contribution in [2.24, 2.45) is 5.73 Å². The zero-order valence-corrected chi connectivity index (χ0v) is 10.8. The molecule has 5 heteroatoms. The Morgan fingerprint density at radius 2 is 2.05 bits per heavy atom. The van der Waals surface area contributed by atoms with Gasteiger partial charge in [-0.2, -0.15) is 0 Å². The van der Waals surface area contributed by atoms with E-state index < -0.39 is 18.0 Å². The summed E-state index contributed by atoms with van der Waals surface area (Å²) in [7, 11) is 0. The Hall–Kier alpha value is -2.04. The van der Waals surface area contributed by atoms with Crippen LogP contribution in [0.3, 0.4) is 0 Å². The second-order valence-corrected chi connectivity index (χ2v) is 4.61. The minimum absolute atomic E-state index is 0.226. The summed E-state index contributed by atoms with van der Waals surface area (Å²) in [5.74, 6) is -0.637. The molecule has 0 fully saturated rings. The van der Waals surface area contributed by atoms with Gasteiger partial charge in [0.1, 0.15) is 5.75 Å². The van der Waals surface area contributed by atoms with E-state index in [-0.39, 0.29) is 6.61 Å². The lowest BCUT2D eigenvalue weighted by Crippen LogP contribution is -2.32. The van der Waals surface area contributed by atoms with Crippen LogP contribution in [-0.2, 0) is 27.2 Å². The molecule has 0 aromatic heterocycles. The normalized spacial score (nSPS) is 14.6. The molecule has 0 radical (unpaired) electrons. The molecule has 1 amide bonds. The lowest BCUT2D eigenvalue weighted by Gasteiger charge is -2.11. The van der Waals surface area contributed by atoms with E-state index in [1.54, 1.807) is 0 Å². The highest BCUT2D eigenvalue weighted by molar-refractivity contribution is 5.82. The summed E-state index contributed by atoms with van der Waals surface area (Å²) in [4.78, 5) is 22.2. The summed E-state index contributed by atoms with van der Waals surface area (Å²) in [6, 6.07) is 5.82. The molecule has 1 aromatic carbocycles. The molecule has 1 aromatic rings. The highest BCUT2D eigenvalue weighted by Gasteiger charge is 2.15. The second kappa shape index (κ2) is 5.73. The maximum absolute atomic E-state index is 11.4. The number of hydrogen-bond donors (Lipinski definition) is 1. The standard InChI is InChI=1S/C14H17NO4/c1-9(14(15)17)19-13(16)8-18-12-6-5-10-3-2-4-11(10)7-12/h5-7,9H,2-4,8H2,1H3,(H2,15,17)/t9-/m0/s1. The number of benzene rings is 1. The minimum Gasteiger partial charge on any atom is -0.482 e. The number of carbonyl (C=O) groups excluding carboxylic acids is 2. The van der Waals surface area contributed by atoms with Crippen molar-refractivity contribution in [3.63, 3.8) is 0 Å². The van der Waals surface area contributed by atoms with E-state index in [0.717, 1.165) is 19.3 Å². The van der Waals surface area contributed by atoms with Gasteiger partial charge in [0.15, 0.2) is 12.7 Å². The molecule has 0 heterocycles. The van der Waals surface area contributed by atoms with Crippen LogP contribution in [-0.4, -0.2) is 24.6 Å². The Balaban J connectivity index is 1.85. The van der Waals surface area contributed by atoms with Gasteiger partial charge in [-0.25, -0.2) is 4.79 Å². The van der Waals surface area contributed by atoms with Crippen LogP contribution < -0.4 is 10.5 Å². The van der Waals surface area contributed by atoms with E-state index in [1.807, 2.05) is 18.2 Å². The number of carbonyl (C=O) groups is 2. The van der Waals surface area contributed by atoms with E-state index in [4.69, 9.17) is 15.2 Å². The molecule has 2 rings (SSSR count). The number of nitrogens with two attached hydrogens (primary N) is 1. The first-order valence-corrected chi connectivity index (χ1v) is 6.29. The molecule has 102 valence electrons. The van der Waals surface area contributed by atoms with Crippen molar-refractivity contribution in [2.75, 3.05) is 6.61 Å². The summed E-state index contributed by atoms with van der Waals surface area (Å²) in [5.41, 5.74) is 7.62. The van der Waals surface area contributed by atoms with Crippen LogP contribution in [0.15, 0.2) is 18.2 Å². The van der Waals surface area contributed by atoms with Crippen molar-refractivity contribution in [3.8, 4) is 5.75 Å². The molecule has 2 N–H and O–H groups in total. The molecule has 0 saturated carbocycles. The van der Waals surface area contributed by atoms with Crippen molar-refractivity contribution in [2.45, 2.75) is 32.3 Å². The van der Waals surface area contributed by atoms with E-state index in [0.29, 0.717) is 5.75 Å². The van der Waals surface area contributed by atoms with Crippen LogP contribution in [0.4, 0.5) is 0 Å². The van der Waals surface area contributed by atoms with Crippen molar-refractivity contribution in [3.05, 3.63) is 29.3 Å². The van der Waals surface area contributed by atoms with Crippen LogP contribution in [0.25, 0.3) is 0 Å². The molecule has 0 spiro atoms. The topological polar surface area (TPSA) is 78.6 Å². The number of aryl methyl sites for hydroxylation is 2. The second-order valence-electron chi connectivity index (χ2n) is 4.61. The number of primary amides is 1. The fourth-order valence-electron chi connectivity index (χ4n) is 2.07. The predicted octanol–water partition coefficient (Wildman–Crippen LogP) is 0.971. The fourth-order valence-corrected chi connectivity index (χ4v) is 2.07. The molecular weight excluding hydrogens is 246 g/mol. The van der Waals surface area contributed by atoms with Gasteiger partial charge < -0.3 is 15.2 Å². The maximum atomic E-state index is 11.4. The van der Waals surface area contributed by atoms with Gasteiger partial charge in [-0.3, -0.25) is 4.79 Å². The smallest absolute Gasteiger partial charge is 0.344 e. The van der Waals surface area contributed by atoms with Gasteiger partial charge in [0, 0.05) is 0 Å². The molecule has 1 atom stereocenters. The van der Waals surface area contributed by atoms with E-state index in [2.05, 4.69) is 0 Å². The summed E-state index contributed by atoms with van der Waals surface area (Å²) < 4.78 is 10.1. The summed E-state index contributed by atoms with van der Waals surface area (Å²) in [5, 5.41) is 0. The molecule has 5 nitrogen and oxygen atoms in total. The summed E-state index contributed by atoms with van der Waals surface area (Å²) in [6.45, 7) is 1.20. The van der Waals surface area contributed by atoms with Crippen LogP contribution in [0.1, 0.15) is 24.5 Å². The average molecular weight is 263 g/mol. The molecule has 0 aliphatic heterocycles. The molecule has 19 heavy (non-hydrogen) atoms. The lowest BCUT2D eigenvalue weighted by molar-refractivity contribution is -0.155. The maximum Gasteiger partial charge on any atom is 0.344 e. The Labute approximate surface area is 111 Å². The van der Waals surface area contributed by atoms with Crippen molar-refractivity contribution in [1.29, 1.82) is 0 Å². The summed E-state index contributed by atoms with van der Waals surface area (Å²) in [6.07, 6.45) is 2.39. The van der Waals surface area contributed by atoms with Gasteiger partial charge >= 0.3 is 5.97 Å². The molecule has 1 aliphatic carbocycles. The fraction of sp³-hybridized carbons (Fsp3) is 0.429. The van der Waals surface area contributed by atoms with Gasteiger partial charge in [0.25, 0.3) is 5.91 Å². The van der Waals surface area contributed by atoms with Gasteiger partial charge in [0.2, 0.25) is 0 Å². The number of hydrogen-bond acceptors (Lipinski definition) is 4. The molecule has 0 bridgehead atoms. The van der Waals surface area contributed by atoms with E-state index in [9.17, 15) is 9.59 Å². The largest absolute Gasteiger partial charge is 0.482 e. The zero-order valence-electron chi connectivity index (χ0n) is 10.8. The zero-order chi connectivity index (χ0) is 13.8. The predicted molar refractivity (Wildman–Crippen MR) is 68.7 cm³/mol. The van der Waals surface area contributed by atoms with Crippen molar-refractivity contribution < 1.29 is 19.1 Å². The average Bonchev–Trinajstić information content (AvgIpc) is 2.83. The number of amides is 1. The van der Waals surface area contributed by atoms with Crippen LogP contribution in [0.2, 0.25) is 0 Å². The molecule has 1 aliphatic rings. The number of ether oxygens (including phenoxy) is 2. The van der Waals surface area contributed by atoms with E-state index >= 15 is 0 Å². The number of esters is 1. The van der Waals surface area contributed by atoms with Gasteiger partial charge in [-0.1, -0.05) is 6.07 Å². The quantitative estimate of drug-likeness (QED) is 0.803. The number of rotatable bonds is 5. The van der Waals surface area contributed by atoms with Crippen LogP contribution >= 0.6 is 0 Å². The Bertz CT molecular complexity index is 498. The van der Waals surface area contributed by atoms with Gasteiger partial charge in [-0.05, 0) is 49.4 Å².